The van der Waals surface area contributed by atoms with Gasteiger partial charge in [-0.2, -0.15) is 9.65 Å². The Morgan fingerprint density at radius 1 is 1.00 bits per heavy atom. The lowest BCUT2D eigenvalue weighted by molar-refractivity contribution is 0.279. The van der Waals surface area contributed by atoms with Crippen molar-refractivity contribution in [3.63, 3.8) is 0 Å². The van der Waals surface area contributed by atoms with E-state index in [-0.39, 0.29) is 23.5 Å². The largest absolute Gasteiger partial charge is 0.486 e. The first-order valence-electron chi connectivity index (χ1n) is 5.37. The lowest BCUT2D eigenvalue weighted by Crippen LogP contribution is -2.02. The Labute approximate surface area is 107 Å². The molecule has 0 aromatic heterocycles. The predicted molar refractivity (Wildman–Crippen MR) is 61.8 cm³/mol. The Morgan fingerprint density at radius 2 is 1.74 bits per heavy atom. The number of nitrogens with zero attached hydrogens (tertiary/aromatic N) is 1. The van der Waals surface area contributed by atoms with E-state index in [4.69, 9.17) is 10.00 Å². The van der Waals surface area contributed by atoms with Gasteiger partial charge in [0.15, 0.2) is 11.6 Å². The first-order valence-corrected chi connectivity index (χ1v) is 5.37. The highest BCUT2D eigenvalue weighted by molar-refractivity contribution is 5.35. The van der Waals surface area contributed by atoms with Crippen molar-refractivity contribution in [3.8, 4) is 11.8 Å². The summed E-state index contributed by atoms with van der Waals surface area (Å²) >= 11 is 0. The van der Waals surface area contributed by atoms with Crippen molar-refractivity contribution in [2.24, 2.45) is 0 Å². The summed E-state index contributed by atoms with van der Waals surface area (Å²) < 4.78 is 44.9. The molecule has 2 aromatic carbocycles. The third kappa shape index (κ3) is 2.68. The molecule has 0 saturated carbocycles. The van der Waals surface area contributed by atoms with Gasteiger partial charge in [-0.15, -0.1) is 0 Å². The zero-order chi connectivity index (χ0) is 13.8. The van der Waals surface area contributed by atoms with E-state index >= 15 is 0 Å². The van der Waals surface area contributed by atoms with E-state index in [1.165, 1.54) is 30.3 Å². The van der Waals surface area contributed by atoms with Crippen LogP contribution in [-0.4, -0.2) is 0 Å². The van der Waals surface area contributed by atoms with Gasteiger partial charge in [-0.25, -0.2) is 8.78 Å². The molecule has 0 aliphatic heterocycles. The van der Waals surface area contributed by atoms with Crippen molar-refractivity contribution in [2.75, 3.05) is 0 Å². The molecule has 0 aliphatic rings. The number of halogens is 3. The van der Waals surface area contributed by atoms with Crippen molar-refractivity contribution in [2.45, 2.75) is 6.61 Å². The second kappa shape index (κ2) is 5.44. The molecule has 2 aromatic rings. The molecule has 0 bridgehead atoms. The minimum absolute atomic E-state index is 0.0997. The Hall–Kier alpha value is -2.48. The second-order valence-corrected chi connectivity index (χ2v) is 3.73. The Balaban J connectivity index is 2.20. The van der Waals surface area contributed by atoms with Crippen molar-refractivity contribution >= 4 is 0 Å². The molecule has 0 atom stereocenters. The number of benzene rings is 2. The molecule has 0 N–H and O–H groups in total. The summed E-state index contributed by atoms with van der Waals surface area (Å²) in [6.07, 6.45) is 0. The summed E-state index contributed by atoms with van der Waals surface area (Å²) in [4.78, 5) is 0. The summed E-state index contributed by atoms with van der Waals surface area (Å²) in [6.45, 7) is -0.290. The normalized spacial score (nSPS) is 10.0. The van der Waals surface area contributed by atoms with Gasteiger partial charge in [-0.1, -0.05) is 18.2 Å². The highest BCUT2D eigenvalue weighted by atomic mass is 19.2. The lowest BCUT2D eigenvalue weighted by atomic mass is 10.1. The van der Waals surface area contributed by atoms with Crippen LogP contribution in [0.2, 0.25) is 0 Å². The number of hydrogen-bond acceptors (Lipinski definition) is 2. The van der Waals surface area contributed by atoms with E-state index in [0.29, 0.717) is 0 Å². The molecule has 2 rings (SSSR count). The molecule has 0 fully saturated rings. The maximum Gasteiger partial charge on any atom is 0.200 e. The molecule has 0 spiro atoms. The highest BCUT2D eigenvalue weighted by Gasteiger charge is 2.11. The van der Waals surface area contributed by atoms with Crippen molar-refractivity contribution < 1.29 is 17.9 Å². The standard InChI is InChI=1S/C14H8F3NO/c15-11-5-2-6-12(14(11)17)19-8-10-4-1-3-9(7-18)13(10)16/h1-6H,8H2. The van der Waals surface area contributed by atoms with Gasteiger partial charge in [0, 0.05) is 5.56 Å². The van der Waals surface area contributed by atoms with Crippen LogP contribution < -0.4 is 4.74 Å². The highest BCUT2D eigenvalue weighted by Crippen LogP contribution is 2.21. The Kier molecular flexibility index (Phi) is 3.71. The van der Waals surface area contributed by atoms with E-state index in [0.717, 1.165) is 6.07 Å². The van der Waals surface area contributed by atoms with Gasteiger partial charge in [0.2, 0.25) is 5.82 Å². The molecular weight excluding hydrogens is 255 g/mol. The monoisotopic (exact) mass is 263 g/mol. The van der Waals surface area contributed by atoms with Crippen LogP contribution in [0.4, 0.5) is 13.2 Å². The minimum Gasteiger partial charge on any atom is -0.486 e. The van der Waals surface area contributed by atoms with Gasteiger partial charge in [0.25, 0.3) is 0 Å². The molecular formula is C14H8F3NO. The van der Waals surface area contributed by atoms with Gasteiger partial charge in [-0.3, -0.25) is 0 Å². The number of rotatable bonds is 3. The molecule has 96 valence electrons. The molecule has 0 unspecified atom stereocenters. The van der Waals surface area contributed by atoms with Crippen LogP contribution in [0, 0.1) is 28.8 Å². The summed E-state index contributed by atoms with van der Waals surface area (Å²) in [5, 5.41) is 8.67. The lowest BCUT2D eigenvalue weighted by Gasteiger charge is -2.08. The van der Waals surface area contributed by atoms with Crippen molar-refractivity contribution in [1.29, 1.82) is 5.26 Å². The maximum atomic E-state index is 13.7. The fourth-order valence-electron chi connectivity index (χ4n) is 1.53. The first kappa shape index (κ1) is 13.0. The average molecular weight is 263 g/mol. The molecule has 0 aliphatic carbocycles. The third-order valence-corrected chi connectivity index (χ3v) is 2.50. The van der Waals surface area contributed by atoms with Crippen LogP contribution >= 0.6 is 0 Å². The topological polar surface area (TPSA) is 33.0 Å². The molecule has 0 heterocycles. The van der Waals surface area contributed by atoms with E-state index in [1.54, 1.807) is 6.07 Å². The molecule has 0 amide bonds. The fourth-order valence-corrected chi connectivity index (χ4v) is 1.53. The fraction of sp³-hybridized carbons (Fsp3) is 0.0714. The smallest absolute Gasteiger partial charge is 0.200 e. The van der Waals surface area contributed by atoms with Crippen LogP contribution in [0.25, 0.3) is 0 Å². The number of nitriles is 1. The molecule has 0 saturated heterocycles. The van der Waals surface area contributed by atoms with Gasteiger partial charge < -0.3 is 4.74 Å². The predicted octanol–water partition coefficient (Wildman–Crippen LogP) is 3.55. The SMILES string of the molecule is N#Cc1cccc(COc2cccc(F)c2F)c1F. The van der Waals surface area contributed by atoms with Crippen LogP contribution in [0.15, 0.2) is 36.4 Å². The van der Waals surface area contributed by atoms with E-state index in [2.05, 4.69) is 0 Å². The van der Waals surface area contributed by atoms with E-state index in [9.17, 15) is 13.2 Å². The van der Waals surface area contributed by atoms with Gasteiger partial charge in [0.1, 0.15) is 18.5 Å². The van der Waals surface area contributed by atoms with E-state index < -0.39 is 17.5 Å². The Bertz CT molecular complexity index is 650. The Morgan fingerprint density at radius 3 is 2.47 bits per heavy atom. The van der Waals surface area contributed by atoms with Gasteiger partial charge in [0.05, 0.1) is 5.56 Å². The van der Waals surface area contributed by atoms with Crippen molar-refractivity contribution in [1.82, 2.24) is 0 Å². The quantitative estimate of drug-likeness (QED) is 0.848. The van der Waals surface area contributed by atoms with Gasteiger partial charge in [-0.05, 0) is 18.2 Å². The summed E-state index contributed by atoms with van der Waals surface area (Å²) in [7, 11) is 0. The first-order chi connectivity index (χ1) is 9.13. The summed E-state index contributed by atoms with van der Waals surface area (Å²) in [5.74, 6) is -3.19. The molecule has 5 heteroatoms. The molecule has 0 radical (unpaired) electrons. The number of hydrogen-bond donors (Lipinski definition) is 0. The van der Waals surface area contributed by atoms with Crippen LogP contribution in [-0.2, 0) is 6.61 Å². The van der Waals surface area contributed by atoms with Crippen LogP contribution in [0.3, 0.4) is 0 Å². The van der Waals surface area contributed by atoms with Gasteiger partial charge >= 0.3 is 0 Å². The molecule has 19 heavy (non-hydrogen) atoms. The minimum atomic E-state index is -1.13. The van der Waals surface area contributed by atoms with Crippen molar-refractivity contribution in [3.05, 3.63) is 65.0 Å². The number of ether oxygens (including phenoxy) is 1. The average Bonchev–Trinajstić information content (AvgIpc) is 2.42. The maximum absolute atomic E-state index is 13.7. The van der Waals surface area contributed by atoms with E-state index in [1.807, 2.05) is 0 Å². The zero-order valence-corrected chi connectivity index (χ0v) is 9.66. The zero-order valence-electron chi connectivity index (χ0n) is 9.66. The second-order valence-electron chi connectivity index (χ2n) is 3.73. The summed E-state index contributed by atoms with van der Waals surface area (Å²) in [5.41, 5.74) is -0.0245. The van der Waals surface area contributed by atoms with Crippen LogP contribution in [0.1, 0.15) is 11.1 Å². The molecule has 2 nitrogen and oxygen atoms in total. The summed E-state index contributed by atoms with van der Waals surface area (Å²) in [6, 6.07) is 9.39. The van der Waals surface area contributed by atoms with Crippen LogP contribution in [0.5, 0.6) is 5.75 Å². The third-order valence-electron chi connectivity index (χ3n) is 2.50.